The number of carboxylic acid groups (broad SMARTS) is 1. The minimum absolute atomic E-state index is 0.0760. The van der Waals surface area contributed by atoms with Gasteiger partial charge in [-0.25, -0.2) is 19.5 Å². The third-order valence-electron chi connectivity index (χ3n) is 2.81. The smallest absolute Gasteiger partial charge is 0.416 e. The third-order valence-corrected chi connectivity index (χ3v) is 3.39. The van der Waals surface area contributed by atoms with Gasteiger partial charge in [0.25, 0.3) is 0 Å². The first kappa shape index (κ1) is 15.0. The highest BCUT2D eigenvalue weighted by molar-refractivity contribution is 7.07. The van der Waals surface area contributed by atoms with Crippen molar-refractivity contribution < 1.29 is 19.4 Å². The summed E-state index contributed by atoms with van der Waals surface area (Å²) in [5, 5.41) is 10.7. The number of hydrogen-bond donors (Lipinski definition) is 1. The molecular weight excluding hydrogens is 292 g/mol. The Hall–Kier alpha value is -2.41. The van der Waals surface area contributed by atoms with Crippen LogP contribution in [0.15, 0.2) is 41.2 Å². The van der Waals surface area contributed by atoms with E-state index in [0.717, 1.165) is 10.5 Å². The minimum atomic E-state index is -1.13. The molecular formula is C14H14N2O4S. The fourth-order valence-corrected chi connectivity index (χ4v) is 2.20. The number of aliphatic carboxylic acids is 1. The molecule has 1 atom stereocenters. The molecule has 0 saturated carbocycles. The molecule has 0 aliphatic rings. The van der Waals surface area contributed by atoms with E-state index in [0.29, 0.717) is 0 Å². The molecule has 0 aliphatic carbocycles. The van der Waals surface area contributed by atoms with Crippen LogP contribution < -0.4 is 4.90 Å². The number of ether oxygens (including phenoxy) is 1. The van der Waals surface area contributed by atoms with E-state index in [1.54, 1.807) is 5.38 Å². The van der Waals surface area contributed by atoms with Crippen molar-refractivity contribution in [3.05, 3.63) is 46.8 Å². The van der Waals surface area contributed by atoms with Crippen molar-refractivity contribution in [3.63, 3.8) is 0 Å². The zero-order chi connectivity index (χ0) is 15.2. The number of thiazole rings is 1. The number of carbonyl (C=O) groups excluding carboxylic acids is 1. The number of hydrogen-bond acceptors (Lipinski definition) is 5. The molecule has 1 heterocycles. The van der Waals surface area contributed by atoms with E-state index in [1.165, 1.54) is 23.8 Å². The number of anilines is 1. The highest BCUT2D eigenvalue weighted by Crippen LogP contribution is 2.19. The highest BCUT2D eigenvalue weighted by Gasteiger charge is 2.29. The zero-order valence-corrected chi connectivity index (χ0v) is 12.1. The van der Waals surface area contributed by atoms with Gasteiger partial charge in [-0.05, 0) is 12.5 Å². The van der Waals surface area contributed by atoms with Crippen LogP contribution in [0.1, 0.15) is 12.5 Å². The Morgan fingerprint density at radius 2 is 2.10 bits per heavy atom. The summed E-state index contributed by atoms with van der Waals surface area (Å²) in [4.78, 5) is 28.3. The molecule has 6 nitrogen and oxygen atoms in total. The van der Waals surface area contributed by atoms with Crippen LogP contribution in [0.4, 0.5) is 10.6 Å². The average molecular weight is 306 g/mol. The molecule has 0 saturated heterocycles. The van der Waals surface area contributed by atoms with Crippen LogP contribution in [0.3, 0.4) is 0 Å². The summed E-state index contributed by atoms with van der Waals surface area (Å²) < 4.78 is 5.17. The van der Waals surface area contributed by atoms with E-state index in [4.69, 9.17) is 9.84 Å². The Kier molecular flexibility index (Phi) is 4.89. The first-order valence-electron chi connectivity index (χ1n) is 6.20. The first-order chi connectivity index (χ1) is 10.1. The van der Waals surface area contributed by atoms with Gasteiger partial charge in [-0.2, -0.15) is 0 Å². The number of benzene rings is 1. The van der Waals surface area contributed by atoms with E-state index in [2.05, 4.69) is 4.98 Å². The van der Waals surface area contributed by atoms with E-state index in [1.807, 2.05) is 30.3 Å². The molecule has 0 unspecified atom stereocenters. The molecule has 2 aromatic rings. The number of aromatic nitrogens is 1. The van der Waals surface area contributed by atoms with Crippen molar-refractivity contribution in [2.75, 3.05) is 4.90 Å². The predicted molar refractivity (Wildman–Crippen MR) is 78.3 cm³/mol. The van der Waals surface area contributed by atoms with Gasteiger partial charge in [0.1, 0.15) is 18.5 Å². The van der Waals surface area contributed by atoms with Crippen molar-refractivity contribution in [2.45, 2.75) is 19.6 Å². The molecule has 2 rings (SSSR count). The third kappa shape index (κ3) is 3.79. The molecule has 1 aromatic carbocycles. The van der Waals surface area contributed by atoms with Gasteiger partial charge >= 0.3 is 12.1 Å². The average Bonchev–Trinajstić information content (AvgIpc) is 3.00. The van der Waals surface area contributed by atoms with E-state index in [9.17, 15) is 9.59 Å². The van der Waals surface area contributed by atoms with Gasteiger partial charge in [0.2, 0.25) is 0 Å². The second-order valence-corrected chi connectivity index (χ2v) is 4.99. The number of rotatable bonds is 5. The predicted octanol–water partition coefficient (Wildman–Crippen LogP) is 2.76. The molecule has 21 heavy (non-hydrogen) atoms. The fraction of sp³-hybridized carbons (Fsp3) is 0.214. The lowest BCUT2D eigenvalue weighted by Crippen LogP contribution is -2.44. The number of amides is 1. The molecule has 1 amide bonds. The lowest BCUT2D eigenvalue weighted by atomic mass is 10.2. The molecule has 1 aromatic heterocycles. The molecule has 0 radical (unpaired) electrons. The van der Waals surface area contributed by atoms with Crippen molar-refractivity contribution in [3.8, 4) is 0 Å². The summed E-state index contributed by atoms with van der Waals surface area (Å²) in [6.07, 6.45) is -0.736. The van der Waals surface area contributed by atoms with Crippen molar-refractivity contribution in [1.29, 1.82) is 0 Å². The Morgan fingerprint density at radius 3 is 2.67 bits per heavy atom. The SMILES string of the molecule is C[C@@H](C(=O)O)N(C(=O)OCc1ccccc1)c1cscn1. The molecule has 0 spiro atoms. The summed E-state index contributed by atoms with van der Waals surface area (Å²) in [5.74, 6) is -0.854. The quantitative estimate of drug-likeness (QED) is 0.918. The Labute approximate surface area is 125 Å². The van der Waals surface area contributed by atoms with Crippen molar-refractivity contribution in [1.82, 2.24) is 4.98 Å². The molecule has 1 N–H and O–H groups in total. The largest absolute Gasteiger partial charge is 0.480 e. The van der Waals surface area contributed by atoms with Gasteiger partial charge < -0.3 is 9.84 Å². The van der Waals surface area contributed by atoms with Gasteiger partial charge in [-0.3, -0.25) is 0 Å². The van der Waals surface area contributed by atoms with Crippen LogP contribution in [-0.2, 0) is 16.1 Å². The maximum absolute atomic E-state index is 12.2. The number of nitrogens with zero attached hydrogens (tertiary/aromatic N) is 2. The maximum Gasteiger partial charge on any atom is 0.416 e. The monoisotopic (exact) mass is 306 g/mol. The van der Waals surface area contributed by atoms with Gasteiger partial charge in [0.05, 0.1) is 5.51 Å². The maximum atomic E-state index is 12.2. The first-order valence-corrected chi connectivity index (χ1v) is 7.15. The molecule has 110 valence electrons. The Bertz CT molecular complexity index is 601. The molecule has 0 bridgehead atoms. The summed E-state index contributed by atoms with van der Waals surface area (Å²) in [5.41, 5.74) is 2.36. The highest BCUT2D eigenvalue weighted by atomic mass is 32.1. The number of carboxylic acids is 1. The topological polar surface area (TPSA) is 79.7 Å². The second-order valence-electron chi connectivity index (χ2n) is 4.27. The number of carbonyl (C=O) groups is 2. The van der Waals surface area contributed by atoms with Crippen LogP contribution in [-0.4, -0.2) is 28.2 Å². The summed E-state index contributed by atoms with van der Waals surface area (Å²) >= 11 is 1.28. The van der Waals surface area contributed by atoms with Gasteiger partial charge in [-0.15, -0.1) is 11.3 Å². The van der Waals surface area contributed by atoms with Gasteiger partial charge in [-0.1, -0.05) is 30.3 Å². The summed E-state index contributed by atoms with van der Waals surface area (Å²) in [7, 11) is 0. The summed E-state index contributed by atoms with van der Waals surface area (Å²) in [6, 6.07) is 8.11. The Morgan fingerprint density at radius 1 is 1.38 bits per heavy atom. The van der Waals surface area contributed by atoms with Gasteiger partial charge in [0, 0.05) is 5.38 Å². The van der Waals surface area contributed by atoms with Crippen molar-refractivity contribution in [2.24, 2.45) is 0 Å². The second kappa shape index (κ2) is 6.85. The molecule has 0 aliphatic heterocycles. The van der Waals surface area contributed by atoms with Gasteiger partial charge in [0.15, 0.2) is 0 Å². The lowest BCUT2D eigenvalue weighted by Gasteiger charge is -2.23. The van der Waals surface area contributed by atoms with Crippen LogP contribution in [0, 0.1) is 0 Å². The van der Waals surface area contributed by atoms with E-state index < -0.39 is 18.1 Å². The lowest BCUT2D eigenvalue weighted by molar-refractivity contribution is -0.138. The van der Waals surface area contributed by atoms with E-state index in [-0.39, 0.29) is 12.4 Å². The normalized spacial score (nSPS) is 11.7. The standard InChI is InChI=1S/C14H14N2O4S/c1-10(13(17)18)16(12-8-21-9-15-12)14(19)20-7-11-5-3-2-4-6-11/h2-6,8-10H,7H2,1H3,(H,17,18)/t10-/m0/s1. The van der Waals surface area contributed by atoms with Crippen LogP contribution in [0.25, 0.3) is 0 Å². The zero-order valence-electron chi connectivity index (χ0n) is 11.3. The van der Waals surface area contributed by atoms with Crippen LogP contribution in [0.2, 0.25) is 0 Å². The summed E-state index contributed by atoms with van der Waals surface area (Å²) in [6.45, 7) is 1.48. The van der Waals surface area contributed by atoms with Crippen LogP contribution >= 0.6 is 11.3 Å². The molecule has 7 heteroatoms. The Balaban J connectivity index is 2.10. The van der Waals surface area contributed by atoms with Crippen LogP contribution in [0.5, 0.6) is 0 Å². The van der Waals surface area contributed by atoms with Crippen molar-refractivity contribution >= 4 is 29.2 Å². The molecule has 0 fully saturated rings. The minimum Gasteiger partial charge on any atom is -0.480 e. The van der Waals surface area contributed by atoms with E-state index >= 15 is 0 Å². The fourth-order valence-electron chi connectivity index (χ4n) is 1.67.